The molecule has 174 valence electrons. The standard InChI is InChI=1S/C18H32N2O10/c21-14(22)10-9-13(16(23)24)19-11-7-5-3-1-2-4-6-8-12-20-15(17(25)26)29-30-18(27)28/h13,15,19-20H,1-12H2,(H,21,22)(H,23,24)(H,25,26)(H,27,28). The molecule has 30 heavy (non-hydrogen) atoms. The Kier molecular flexibility index (Phi) is 16.0. The number of hydrogen-bond acceptors (Lipinski definition) is 8. The minimum atomic E-state index is -1.72. The number of unbranched alkanes of at least 4 members (excludes halogenated alkanes) is 7. The molecule has 0 aliphatic carbocycles. The number of carboxylic acids is 3. The van der Waals surface area contributed by atoms with Crippen LogP contribution in [0.1, 0.15) is 64.2 Å². The van der Waals surface area contributed by atoms with E-state index in [1.807, 2.05) is 0 Å². The minimum absolute atomic E-state index is 0.0610. The highest BCUT2D eigenvalue weighted by molar-refractivity contribution is 5.75. The van der Waals surface area contributed by atoms with Crippen LogP contribution in [0.4, 0.5) is 4.79 Å². The lowest BCUT2D eigenvalue weighted by molar-refractivity contribution is -0.287. The quantitative estimate of drug-likeness (QED) is 0.0700. The highest BCUT2D eigenvalue weighted by atomic mass is 17.2. The summed E-state index contributed by atoms with van der Waals surface area (Å²) in [7, 11) is 0. The van der Waals surface area contributed by atoms with E-state index in [0.29, 0.717) is 19.5 Å². The number of aliphatic carboxylic acids is 3. The second-order valence-corrected chi connectivity index (χ2v) is 6.72. The Balaban J connectivity index is 3.58. The number of nitrogens with one attached hydrogen (secondary N) is 2. The molecule has 0 aromatic rings. The molecule has 0 amide bonds. The smallest absolute Gasteiger partial charge is 0.481 e. The molecule has 0 saturated heterocycles. The summed E-state index contributed by atoms with van der Waals surface area (Å²) in [6, 6.07) is -0.837. The average Bonchev–Trinajstić information content (AvgIpc) is 2.66. The van der Waals surface area contributed by atoms with Gasteiger partial charge in [-0.25, -0.2) is 9.59 Å². The predicted molar refractivity (Wildman–Crippen MR) is 103 cm³/mol. The van der Waals surface area contributed by atoms with Crippen molar-refractivity contribution in [3.63, 3.8) is 0 Å². The molecule has 0 aliphatic rings. The van der Waals surface area contributed by atoms with Crippen LogP contribution in [0.15, 0.2) is 0 Å². The predicted octanol–water partition coefficient (Wildman–Crippen LogP) is 1.64. The fraction of sp³-hybridized carbons (Fsp3) is 0.778. The molecule has 12 heteroatoms. The monoisotopic (exact) mass is 436 g/mol. The second kappa shape index (κ2) is 17.4. The maximum Gasteiger partial charge on any atom is 0.537 e. The molecule has 2 atom stereocenters. The molecular formula is C18H32N2O10. The Labute approximate surface area is 174 Å². The van der Waals surface area contributed by atoms with Gasteiger partial charge in [0.2, 0.25) is 0 Å². The van der Waals surface area contributed by atoms with Crippen molar-refractivity contribution in [1.82, 2.24) is 10.6 Å². The van der Waals surface area contributed by atoms with Crippen LogP contribution in [-0.4, -0.2) is 69.8 Å². The normalized spacial score (nSPS) is 12.8. The third-order valence-corrected chi connectivity index (χ3v) is 4.21. The van der Waals surface area contributed by atoms with Gasteiger partial charge in [-0.2, -0.15) is 4.89 Å². The first-order chi connectivity index (χ1) is 14.2. The number of carbonyl (C=O) groups is 4. The van der Waals surface area contributed by atoms with E-state index in [2.05, 4.69) is 20.4 Å². The fourth-order valence-electron chi connectivity index (χ4n) is 2.65. The zero-order valence-corrected chi connectivity index (χ0v) is 16.9. The van der Waals surface area contributed by atoms with Crippen molar-refractivity contribution in [3.05, 3.63) is 0 Å². The summed E-state index contributed by atoms with van der Waals surface area (Å²) in [5.41, 5.74) is 0. The van der Waals surface area contributed by atoms with Gasteiger partial charge in [-0.15, -0.1) is 0 Å². The van der Waals surface area contributed by atoms with Gasteiger partial charge in [0.15, 0.2) is 0 Å². The van der Waals surface area contributed by atoms with Crippen LogP contribution >= 0.6 is 0 Å². The summed E-state index contributed by atoms with van der Waals surface area (Å²) in [6.07, 6.45) is 3.99. The molecule has 12 nitrogen and oxygen atoms in total. The zero-order chi connectivity index (χ0) is 22.8. The van der Waals surface area contributed by atoms with Crippen LogP contribution in [-0.2, 0) is 24.2 Å². The van der Waals surface area contributed by atoms with Gasteiger partial charge in [0, 0.05) is 6.42 Å². The van der Waals surface area contributed by atoms with Crippen LogP contribution in [0.25, 0.3) is 0 Å². The summed E-state index contributed by atoms with van der Waals surface area (Å²) in [5.74, 6) is -3.43. The molecule has 0 heterocycles. The van der Waals surface area contributed by atoms with Gasteiger partial charge in [0.1, 0.15) is 6.04 Å². The molecule has 0 aromatic heterocycles. The summed E-state index contributed by atoms with van der Waals surface area (Å²) in [6.45, 7) is 0.874. The average molecular weight is 436 g/mol. The van der Waals surface area contributed by atoms with Crippen molar-refractivity contribution in [1.29, 1.82) is 0 Å². The SMILES string of the molecule is O=C(O)CCC(NCCCCCCCCCCNC(OOC(=O)O)C(=O)O)C(=O)O. The Morgan fingerprint density at radius 2 is 1.20 bits per heavy atom. The first kappa shape index (κ1) is 27.6. The van der Waals surface area contributed by atoms with Crippen LogP contribution in [0, 0.1) is 0 Å². The molecule has 0 fully saturated rings. The Hall–Kier alpha value is -2.44. The van der Waals surface area contributed by atoms with Crippen LogP contribution in [0.2, 0.25) is 0 Å². The van der Waals surface area contributed by atoms with Crippen molar-refractivity contribution < 1.29 is 49.4 Å². The van der Waals surface area contributed by atoms with Crippen molar-refractivity contribution >= 4 is 24.1 Å². The first-order valence-electron chi connectivity index (χ1n) is 9.94. The lowest BCUT2D eigenvalue weighted by Crippen LogP contribution is -2.40. The van der Waals surface area contributed by atoms with E-state index in [1.54, 1.807) is 0 Å². The van der Waals surface area contributed by atoms with Gasteiger partial charge in [0.25, 0.3) is 6.23 Å². The maximum absolute atomic E-state index is 11.0. The first-order valence-corrected chi connectivity index (χ1v) is 9.94. The Morgan fingerprint density at radius 1 is 0.700 bits per heavy atom. The number of rotatable bonds is 20. The summed E-state index contributed by atoms with van der Waals surface area (Å²) < 4.78 is 0. The van der Waals surface area contributed by atoms with E-state index in [4.69, 9.17) is 20.4 Å². The van der Waals surface area contributed by atoms with Gasteiger partial charge < -0.3 is 25.7 Å². The Bertz CT molecular complexity index is 483. The molecule has 0 rings (SSSR count). The molecule has 6 N–H and O–H groups in total. The highest BCUT2D eigenvalue weighted by Gasteiger charge is 2.20. The zero-order valence-electron chi connectivity index (χ0n) is 16.9. The van der Waals surface area contributed by atoms with Gasteiger partial charge in [-0.05, 0) is 32.4 Å². The lowest BCUT2D eigenvalue weighted by atomic mass is 10.1. The molecule has 0 aromatic carbocycles. The summed E-state index contributed by atoms with van der Waals surface area (Å²) >= 11 is 0. The van der Waals surface area contributed by atoms with E-state index in [1.165, 1.54) is 0 Å². The van der Waals surface area contributed by atoms with Gasteiger partial charge >= 0.3 is 24.1 Å². The van der Waals surface area contributed by atoms with E-state index in [9.17, 15) is 19.2 Å². The largest absolute Gasteiger partial charge is 0.537 e. The van der Waals surface area contributed by atoms with Crippen molar-refractivity contribution in [3.8, 4) is 0 Å². The van der Waals surface area contributed by atoms with Crippen molar-refractivity contribution in [2.45, 2.75) is 76.5 Å². The molecule has 0 spiro atoms. The highest BCUT2D eigenvalue weighted by Crippen LogP contribution is 2.08. The number of hydrogen-bond donors (Lipinski definition) is 6. The van der Waals surface area contributed by atoms with Gasteiger partial charge in [-0.1, -0.05) is 38.5 Å². The molecule has 0 aliphatic heterocycles. The topological polar surface area (TPSA) is 192 Å². The van der Waals surface area contributed by atoms with Crippen molar-refractivity contribution in [2.75, 3.05) is 13.1 Å². The van der Waals surface area contributed by atoms with E-state index in [-0.39, 0.29) is 12.8 Å². The van der Waals surface area contributed by atoms with Crippen LogP contribution < -0.4 is 10.6 Å². The fourth-order valence-corrected chi connectivity index (χ4v) is 2.65. The Morgan fingerprint density at radius 3 is 1.63 bits per heavy atom. The second-order valence-electron chi connectivity index (χ2n) is 6.72. The van der Waals surface area contributed by atoms with Gasteiger partial charge in [0.05, 0.1) is 0 Å². The van der Waals surface area contributed by atoms with E-state index >= 15 is 0 Å². The molecule has 2 unspecified atom stereocenters. The third-order valence-electron chi connectivity index (χ3n) is 4.21. The summed E-state index contributed by atoms with van der Waals surface area (Å²) in [5, 5.41) is 40.2. The molecule has 0 radical (unpaired) electrons. The molecule has 0 bridgehead atoms. The summed E-state index contributed by atoms with van der Waals surface area (Å²) in [4.78, 5) is 50.6. The maximum atomic E-state index is 11.0. The van der Waals surface area contributed by atoms with E-state index in [0.717, 1.165) is 44.9 Å². The minimum Gasteiger partial charge on any atom is -0.481 e. The third kappa shape index (κ3) is 16.5. The van der Waals surface area contributed by atoms with Gasteiger partial charge in [-0.3, -0.25) is 19.8 Å². The van der Waals surface area contributed by atoms with E-state index < -0.39 is 36.3 Å². The lowest BCUT2D eigenvalue weighted by Gasteiger charge is -2.13. The van der Waals surface area contributed by atoms with Crippen LogP contribution in [0.3, 0.4) is 0 Å². The van der Waals surface area contributed by atoms with Crippen LogP contribution in [0.5, 0.6) is 0 Å². The number of carboxylic acid groups (broad SMARTS) is 4. The molecular weight excluding hydrogens is 404 g/mol. The molecule has 0 saturated carbocycles. The van der Waals surface area contributed by atoms with Crippen molar-refractivity contribution in [2.24, 2.45) is 0 Å².